The third-order valence-corrected chi connectivity index (χ3v) is 3.41. The molecule has 4 heteroatoms. The Kier molecular flexibility index (Phi) is 3.58. The maximum Gasteiger partial charge on any atom is 0.162 e. The normalized spacial score (nSPS) is 14.9. The van der Waals surface area contributed by atoms with Crippen molar-refractivity contribution in [3.63, 3.8) is 0 Å². The zero-order valence-corrected chi connectivity index (χ0v) is 11.0. The van der Waals surface area contributed by atoms with E-state index in [0.717, 1.165) is 11.1 Å². The summed E-state index contributed by atoms with van der Waals surface area (Å²) in [6.45, 7) is 0.641. The highest BCUT2D eigenvalue weighted by Gasteiger charge is 2.15. The zero-order valence-electron chi connectivity index (χ0n) is 11.0. The van der Waals surface area contributed by atoms with Crippen LogP contribution in [0.2, 0.25) is 0 Å². The van der Waals surface area contributed by atoms with Crippen molar-refractivity contribution in [3.05, 3.63) is 59.2 Å². The van der Waals surface area contributed by atoms with Crippen LogP contribution in [0.25, 0.3) is 0 Å². The molecule has 2 aromatic carbocycles. The lowest BCUT2D eigenvalue weighted by Gasteiger charge is -2.20. The van der Waals surface area contributed by atoms with Gasteiger partial charge in [0.1, 0.15) is 19.3 Å². The molecule has 1 heterocycles. The van der Waals surface area contributed by atoms with Crippen LogP contribution >= 0.6 is 0 Å². The van der Waals surface area contributed by atoms with Crippen LogP contribution in [0.4, 0.5) is 0 Å². The molecule has 1 atom stereocenters. The molecule has 0 saturated carbocycles. The summed E-state index contributed by atoms with van der Waals surface area (Å²) < 4.78 is 11.5. The Morgan fingerprint density at radius 2 is 1.60 bits per heavy atom. The molecule has 0 bridgehead atoms. The zero-order chi connectivity index (χ0) is 13.9. The maximum atomic E-state index is 9.67. The predicted octanol–water partition coefficient (Wildman–Crippen LogP) is 2.18. The second kappa shape index (κ2) is 5.53. The second-order valence-electron chi connectivity index (χ2n) is 4.75. The third kappa shape index (κ3) is 2.48. The van der Waals surface area contributed by atoms with Gasteiger partial charge in [0, 0.05) is 0 Å². The summed E-state index contributed by atoms with van der Waals surface area (Å²) in [6, 6.07) is 13.2. The molecule has 0 spiro atoms. The summed E-state index contributed by atoms with van der Waals surface area (Å²) in [5, 5.41) is 18.7. The maximum absolute atomic E-state index is 9.67. The van der Waals surface area contributed by atoms with Crippen molar-refractivity contribution in [1.82, 2.24) is 0 Å². The molecule has 20 heavy (non-hydrogen) atoms. The number of benzene rings is 2. The summed E-state index contributed by atoms with van der Waals surface area (Å²) in [4.78, 5) is 0. The Hall–Kier alpha value is -2.04. The Labute approximate surface area is 117 Å². The molecular formula is C16H16O4. The Morgan fingerprint density at radius 1 is 0.950 bits per heavy atom. The molecule has 4 nitrogen and oxygen atoms in total. The smallest absolute Gasteiger partial charge is 0.162 e. The first-order valence-corrected chi connectivity index (χ1v) is 6.53. The number of ether oxygens (including phenoxy) is 2. The number of aliphatic hydroxyl groups is 2. The second-order valence-corrected chi connectivity index (χ2v) is 4.75. The molecule has 0 aromatic heterocycles. The molecule has 0 radical (unpaired) electrons. The Morgan fingerprint density at radius 3 is 2.25 bits per heavy atom. The van der Waals surface area contributed by atoms with Crippen LogP contribution in [0.5, 0.6) is 11.5 Å². The molecule has 0 aliphatic carbocycles. The topological polar surface area (TPSA) is 58.9 Å². The molecule has 0 amide bonds. The van der Waals surface area contributed by atoms with Gasteiger partial charge in [0.05, 0.1) is 6.61 Å². The molecular weight excluding hydrogens is 256 g/mol. The van der Waals surface area contributed by atoms with E-state index in [9.17, 15) is 5.11 Å². The van der Waals surface area contributed by atoms with Gasteiger partial charge in [0.15, 0.2) is 11.5 Å². The molecule has 3 rings (SSSR count). The van der Waals surface area contributed by atoms with E-state index in [1.165, 1.54) is 0 Å². The summed E-state index contributed by atoms with van der Waals surface area (Å²) in [7, 11) is 0. The third-order valence-electron chi connectivity index (χ3n) is 3.41. The van der Waals surface area contributed by atoms with Gasteiger partial charge in [-0.2, -0.15) is 0 Å². The molecule has 1 aliphatic rings. The van der Waals surface area contributed by atoms with E-state index in [4.69, 9.17) is 14.6 Å². The lowest BCUT2D eigenvalue weighted by atomic mass is 10.1. The van der Waals surface area contributed by atoms with Gasteiger partial charge in [0.2, 0.25) is 0 Å². The van der Waals surface area contributed by atoms with Crippen LogP contribution in [-0.4, -0.2) is 16.8 Å². The van der Waals surface area contributed by atoms with Crippen LogP contribution in [0.15, 0.2) is 42.5 Å². The van der Waals surface area contributed by atoms with Crippen molar-refractivity contribution in [2.75, 3.05) is 6.61 Å². The van der Waals surface area contributed by atoms with E-state index in [0.29, 0.717) is 30.3 Å². The van der Waals surface area contributed by atoms with Crippen LogP contribution in [-0.2, 0) is 13.2 Å². The van der Waals surface area contributed by atoms with Crippen molar-refractivity contribution in [2.24, 2.45) is 0 Å². The molecule has 1 aliphatic heterocycles. The van der Waals surface area contributed by atoms with Crippen molar-refractivity contribution >= 4 is 0 Å². The van der Waals surface area contributed by atoms with Crippen LogP contribution < -0.4 is 9.47 Å². The highest BCUT2D eigenvalue weighted by atomic mass is 16.5. The van der Waals surface area contributed by atoms with E-state index in [2.05, 4.69) is 0 Å². The van der Waals surface area contributed by atoms with Crippen molar-refractivity contribution in [3.8, 4) is 11.5 Å². The quantitative estimate of drug-likeness (QED) is 0.879. The fraction of sp³-hybridized carbons (Fsp3) is 0.250. The van der Waals surface area contributed by atoms with Crippen molar-refractivity contribution in [2.45, 2.75) is 19.3 Å². The van der Waals surface area contributed by atoms with Gasteiger partial charge < -0.3 is 19.7 Å². The van der Waals surface area contributed by atoms with Crippen LogP contribution in [0.1, 0.15) is 22.8 Å². The van der Waals surface area contributed by atoms with E-state index in [1.807, 2.05) is 24.3 Å². The number of hydrogen-bond acceptors (Lipinski definition) is 4. The van der Waals surface area contributed by atoms with Gasteiger partial charge >= 0.3 is 0 Å². The minimum absolute atomic E-state index is 0.317. The Bertz CT molecular complexity index is 609. The molecule has 2 N–H and O–H groups in total. The van der Waals surface area contributed by atoms with Gasteiger partial charge in [-0.25, -0.2) is 0 Å². The number of rotatable bonds is 2. The first-order valence-electron chi connectivity index (χ1n) is 6.53. The number of fused-ring (bicyclic) bond motifs is 2. The number of hydrogen-bond donors (Lipinski definition) is 2. The SMILES string of the molecule is OCC(O)c1ccc2c(c1)OCc1ccccc1CO2. The standard InChI is InChI=1S/C16H16O4/c17-8-14(18)11-5-6-15-16(7-11)20-10-13-4-2-1-3-12(13)9-19-15/h1-7,14,17-18H,8-10H2. The molecule has 0 saturated heterocycles. The fourth-order valence-electron chi connectivity index (χ4n) is 2.22. The minimum Gasteiger partial charge on any atom is -0.485 e. The summed E-state index contributed by atoms with van der Waals surface area (Å²) in [5.41, 5.74) is 2.81. The first kappa shape index (κ1) is 13.0. The summed E-state index contributed by atoms with van der Waals surface area (Å²) in [6.07, 6.45) is -0.901. The lowest BCUT2D eigenvalue weighted by molar-refractivity contribution is 0.0951. The highest BCUT2D eigenvalue weighted by Crippen LogP contribution is 2.33. The highest BCUT2D eigenvalue weighted by molar-refractivity contribution is 5.45. The summed E-state index contributed by atoms with van der Waals surface area (Å²) in [5.74, 6) is 1.23. The van der Waals surface area contributed by atoms with Gasteiger partial charge in [-0.1, -0.05) is 30.3 Å². The van der Waals surface area contributed by atoms with Gasteiger partial charge in [-0.3, -0.25) is 0 Å². The van der Waals surface area contributed by atoms with E-state index in [-0.39, 0.29) is 6.61 Å². The first-order chi connectivity index (χ1) is 9.78. The Balaban J connectivity index is 1.90. The lowest BCUT2D eigenvalue weighted by Crippen LogP contribution is -2.09. The molecule has 0 fully saturated rings. The van der Waals surface area contributed by atoms with Gasteiger partial charge in [-0.05, 0) is 28.8 Å². The van der Waals surface area contributed by atoms with Gasteiger partial charge in [0.25, 0.3) is 0 Å². The monoisotopic (exact) mass is 272 g/mol. The van der Waals surface area contributed by atoms with E-state index >= 15 is 0 Å². The van der Waals surface area contributed by atoms with E-state index in [1.54, 1.807) is 18.2 Å². The van der Waals surface area contributed by atoms with Crippen LogP contribution in [0, 0.1) is 0 Å². The predicted molar refractivity (Wildman–Crippen MR) is 73.6 cm³/mol. The van der Waals surface area contributed by atoms with Crippen molar-refractivity contribution < 1.29 is 19.7 Å². The van der Waals surface area contributed by atoms with Gasteiger partial charge in [-0.15, -0.1) is 0 Å². The van der Waals surface area contributed by atoms with Crippen LogP contribution in [0.3, 0.4) is 0 Å². The largest absolute Gasteiger partial charge is 0.485 e. The molecule has 2 aromatic rings. The average Bonchev–Trinajstić information content (AvgIpc) is 2.48. The fourth-order valence-corrected chi connectivity index (χ4v) is 2.22. The molecule has 104 valence electrons. The molecule has 1 unspecified atom stereocenters. The van der Waals surface area contributed by atoms with Crippen molar-refractivity contribution in [1.29, 1.82) is 0 Å². The summed E-state index contributed by atoms with van der Waals surface area (Å²) >= 11 is 0. The minimum atomic E-state index is -0.901. The van der Waals surface area contributed by atoms with E-state index < -0.39 is 6.10 Å². The number of aliphatic hydroxyl groups excluding tert-OH is 2. The average molecular weight is 272 g/mol.